The molecule has 1 saturated heterocycles. The molecule has 0 saturated carbocycles. The van der Waals surface area contributed by atoms with E-state index in [0.29, 0.717) is 11.3 Å². The van der Waals surface area contributed by atoms with Gasteiger partial charge in [0, 0.05) is 18.1 Å². The van der Waals surface area contributed by atoms with Gasteiger partial charge < -0.3 is 14.6 Å². The van der Waals surface area contributed by atoms with Crippen LogP contribution in [0.2, 0.25) is 0 Å². The Balaban J connectivity index is 1.46. The molecule has 1 aliphatic heterocycles. The van der Waals surface area contributed by atoms with Gasteiger partial charge in [-0.05, 0) is 19.1 Å². The number of esters is 1. The van der Waals surface area contributed by atoms with Crippen LogP contribution in [0.5, 0.6) is 0 Å². The van der Waals surface area contributed by atoms with E-state index < -0.39 is 36.2 Å². The molecule has 0 bridgehead atoms. The van der Waals surface area contributed by atoms with Crippen LogP contribution >= 0.6 is 0 Å². The number of nitrogens with one attached hydrogen (secondary N) is 2. The molecular weight excluding hydrogens is 368 g/mol. The highest BCUT2D eigenvalue weighted by Crippen LogP contribution is 2.18. The molecule has 146 valence electrons. The molecule has 1 fully saturated rings. The molecule has 28 heavy (non-hydrogen) atoms. The summed E-state index contributed by atoms with van der Waals surface area (Å²) in [5.74, 6) is -2.18. The highest BCUT2D eigenvalue weighted by atomic mass is 16.5. The highest BCUT2D eigenvalue weighted by Gasteiger charge is 2.36. The van der Waals surface area contributed by atoms with E-state index >= 15 is 0 Å². The summed E-state index contributed by atoms with van der Waals surface area (Å²) in [5, 5.41) is 7.09. The highest BCUT2D eigenvalue weighted by molar-refractivity contribution is 5.96. The molecule has 10 nitrogen and oxygen atoms in total. The Labute approximate surface area is 159 Å². The van der Waals surface area contributed by atoms with Crippen molar-refractivity contribution >= 4 is 29.5 Å². The predicted octanol–water partition coefficient (Wildman–Crippen LogP) is 0.658. The van der Waals surface area contributed by atoms with Crippen LogP contribution in [0.1, 0.15) is 22.5 Å². The van der Waals surface area contributed by atoms with Gasteiger partial charge in [-0.3, -0.25) is 29.6 Å². The SMILES string of the molecule is Cc1cc(NC(=O)COC(=O)[C@H]2CC(=O)N(NC(=O)c3ccccc3)C2)no1. The zero-order chi connectivity index (χ0) is 20.1. The normalized spacial score (nSPS) is 16.0. The number of carbonyl (C=O) groups is 4. The zero-order valence-electron chi connectivity index (χ0n) is 15.0. The first-order chi connectivity index (χ1) is 13.4. The molecular formula is C18H18N4O6. The summed E-state index contributed by atoms with van der Waals surface area (Å²) in [7, 11) is 0. The molecule has 1 aromatic heterocycles. The Bertz CT molecular complexity index is 894. The van der Waals surface area contributed by atoms with Gasteiger partial charge in [-0.2, -0.15) is 0 Å². The van der Waals surface area contributed by atoms with Gasteiger partial charge in [-0.15, -0.1) is 0 Å². The van der Waals surface area contributed by atoms with Crippen LogP contribution in [0.4, 0.5) is 5.82 Å². The Morgan fingerprint density at radius 2 is 2.04 bits per heavy atom. The van der Waals surface area contributed by atoms with Gasteiger partial charge in [0.15, 0.2) is 12.4 Å². The van der Waals surface area contributed by atoms with Crippen LogP contribution in [0.3, 0.4) is 0 Å². The number of ether oxygens (including phenoxy) is 1. The maximum absolute atomic E-state index is 12.1. The van der Waals surface area contributed by atoms with Gasteiger partial charge in [-0.1, -0.05) is 23.4 Å². The molecule has 1 atom stereocenters. The van der Waals surface area contributed by atoms with Crippen molar-refractivity contribution in [3.05, 3.63) is 47.7 Å². The first-order valence-electron chi connectivity index (χ1n) is 8.48. The van der Waals surface area contributed by atoms with E-state index in [0.717, 1.165) is 5.01 Å². The third kappa shape index (κ3) is 4.72. The average Bonchev–Trinajstić information content (AvgIpc) is 3.26. The number of anilines is 1. The van der Waals surface area contributed by atoms with E-state index in [-0.39, 0.29) is 18.8 Å². The molecule has 10 heteroatoms. The smallest absolute Gasteiger partial charge is 0.311 e. The molecule has 0 spiro atoms. The molecule has 3 amide bonds. The number of aromatic nitrogens is 1. The van der Waals surface area contributed by atoms with Crippen LogP contribution < -0.4 is 10.7 Å². The first kappa shape index (κ1) is 19.1. The lowest BCUT2D eigenvalue weighted by atomic mass is 10.1. The molecule has 1 aromatic carbocycles. The van der Waals surface area contributed by atoms with Gasteiger partial charge in [0.2, 0.25) is 5.91 Å². The van der Waals surface area contributed by atoms with Crippen molar-refractivity contribution < 1.29 is 28.4 Å². The Morgan fingerprint density at radius 1 is 1.29 bits per heavy atom. The Morgan fingerprint density at radius 3 is 2.71 bits per heavy atom. The number of nitrogens with zero attached hydrogens (tertiary/aromatic N) is 2. The summed E-state index contributed by atoms with van der Waals surface area (Å²) in [5.41, 5.74) is 2.86. The largest absolute Gasteiger partial charge is 0.455 e. The number of hydrogen-bond acceptors (Lipinski definition) is 7. The number of hydrazine groups is 1. The van der Waals surface area contributed by atoms with Crippen molar-refractivity contribution in [3.8, 4) is 0 Å². The third-order valence-electron chi connectivity index (χ3n) is 3.97. The number of rotatable bonds is 6. The lowest BCUT2D eigenvalue weighted by molar-refractivity contribution is -0.151. The summed E-state index contributed by atoms with van der Waals surface area (Å²) in [6.07, 6.45) is -0.113. The fraction of sp³-hybridized carbons (Fsp3) is 0.278. The van der Waals surface area contributed by atoms with Crippen molar-refractivity contribution in [1.82, 2.24) is 15.6 Å². The minimum atomic E-state index is -0.773. The van der Waals surface area contributed by atoms with E-state index in [1.165, 1.54) is 6.07 Å². The zero-order valence-corrected chi connectivity index (χ0v) is 15.0. The maximum Gasteiger partial charge on any atom is 0.311 e. The lowest BCUT2D eigenvalue weighted by Crippen LogP contribution is -2.43. The van der Waals surface area contributed by atoms with E-state index in [2.05, 4.69) is 15.9 Å². The predicted molar refractivity (Wildman–Crippen MR) is 94.6 cm³/mol. The Kier molecular flexibility index (Phi) is 5.68. The second-order valence-corrected chi connectivity index (χ2v) is 6.19. The second kappa shape index (κ2) is 8.33. The van der Waals surface area contributed by atoms with Crippen LogP contribution in [0.25, 0.3) is 0 Å². The van der Waals surface area contributed by atoms with Gasteiger partial charge in [0.25, 0.3) is 11.8 Å². The monoisotopic (exact) mass is 386 g/mol. The minimum absolute atomic E-state index is 0.0274. The Hall–Kier alpha value is -3.69. The first-order valence-corrected chi connectivity index (χ1v) is 8.48. The van der Waals surface area contributed by atoms with Crippen LogP contribution in [-0.2, 0) is 19.1 Å². The van der Waals surface area contributed by atoms with Crippen molar-refractivity contribution in [3.63, 3.8) is 0 Å². The van der Waals surface area contributed by atoms with E-state index in [1.807, 2.05) is 0 Å². The molecule has 0 radical (unpaired) electrons. The van der Waals surface area contributed by atoms with Crippen molar-refractivity contribution in [2.24, 2.45) is 5.92 Å². The van der Waals surface area contributed by atoms with Crippen LogP contribution in [0.15, 0.2) is 40.9 Å². The summed E-state index contributed by atoms with van der Waals surface area (Å²) in [4.78, 5) is 48.1. The molecule has 2 heterocycles. The molecule has 2 N–H and O–H groups in total. The molecule has 1 aliphatic rings. The number of carbonyl (C=O) groups excluding carboxylic acids is 4. The van der Waals surface area contributed by atoms with E-state index in [9.17, 15) is 19.2 Å². The summed E-state index contributed by atoms with van der Waals surface area (Å²) in [6, 6.07) is 9.90. The fourth-order valence-electron chi connectivity index (χ4n) is 2.61. The number of benzene rings is 1. The second-order valence-electron chi connectivity index (χ2n) is 6.19. The molecule has 3 rings (SSSR count). The average molecular weight is 386 g/mol. The van der Waals surface area contributed by atoms with Gasteiger partial charge in [0.05, 0.1) is 12.5 Å². The maximum atomic E-state index is 12.1. The topological polar surface area (TPSA) is 131 Å². The van der Waals surface area contributed by atoms with Crippen LogP contribution in [-0.4, -0.2) is 47.0 Å². The third-order valence-corrected chi connectivity index (χ3v) is 3.97. The standard InChI is InChI=1S/C18H18N4O6/c1-11-7-14(21-28-11)19-15(23)10-27-18(26)13-8-16(24)22(9-13)20-17(25)12-5-3-2-4-6-12/h2-7,13H,8-10H2,1H3,(H,20,25)(H,19,21,23)/t13-/m0/s1. The molecule has 0 unspecified atom stereocenters. The number of amides is 3. The van der Waals surface area contributed by atoms with Crippen molar-refractivity contribution in [2.75, 3.05) is 18.5 Å². The fourth-order valence-corrected chi connectivity index (χ4v) is 2.61. The summed E-state index contributed by atoms with van der Waals surface area (Å²) in [6.45, 7) is 1.12. The van der Waals surface area contributed by atoms with Gasteiger partial charge in [0.1, 0.15) is 5.76 Å². The number of hydrogen-bond donors (Lipinski definition) is 2. The summed E-state index contributed by atoms with van der Waals surface area (Å²) >= 11 is 0. The lowest BCUT2D eigenvalue weighted by Gasteiger charge is -2.17. The quantitative estimate of drug-likeness (QED) is 0.697. The van der Waals surface area contributed by atoms with E-state index in [4.69, 9.17) is 9.26 Å². The molecule has 0 aliphatic carbocycles. The van der Waals surface area contributed by atoms with E-state index in [1.54, 1.807) is 37.3 Å². The van der Waals surface area contributed by atoms with Gasteiger partial charge in [-0.25, -0.2) is 0 Å². The minimum Gasteiger partial charge on any atom is -0.455 e. The number of aryl methyl sites for hydroxylation is 1. The molecule has 2 aromatic rings. The van der Waals surface area contributed by atoms with Crippen molar-refractivity contribution in [1.29, 1.82) is 0 Å². The summed E-state index contributed by atoms with van der Waals surface area (Å²) < 4.78 is 9.76. The van der Waals surface area contributed by atoms with Crippen LogP contribution in [0, 0.1) is 12.8 Å². The van der Waals surface area contributed by atoms with Gasteiger partial charge >= 0.3 is 5.97 Å². The van der Waals surface area contributed by atoms with Crippen molar-refractivity contribution in [2.45, 2.75) is 13.3 Å².